The van der Waals surface area contributed by atoms with Gasteiger partial charge in [0.1, 0.15) is 0 Å². The minimum Gasteiger partial charge on any atom is -0.504 e. The lowest BCUT2D eigenvalue weighted by molar-refractivity contribution is -0.140. The molecule has 7 heteroatoms. The van der Waals surface area contributed by atoms with Gasteiger partial charge in [0.15, 0.2) is 17.3 Å². The second kappa shape index (κ2) is 9.43. The van der Waals surface area contributed by atoms with Crippen molar-refractivity contribution in [2.24, 2.45) is 5.92 Å². The lowest BCUT2D eigenvalue weighted by Crippen LogP contribution is -2.36. The van der Waals surface area contributed by atoms with Crippen LogP contribution in [0.3, 0.4) is 0 Å². The number of aromatic hydroxyl groups is 1. The van der Waals surface area contributed by atoms with Crippen LogP contribution in [0.2, 0.25) is 0 Å². The Morgan fingerprint density at radius 1 is 1.27 bits per heavy atom. The number of esters is 1. The van der Waals surface area contributed by atoms with Crippen LogP contribution in [-0.2, 0) is 14.3 Å². The zero-order valence-electron chi connectivity index (χ0n) is 19.3. The maximum Gasteiger partial charge on any atom is 0.336 e. The lowest BCUT2D eigenvalue weighted by Gasteiger charge is -2.36. The van der Waals surface area contributed by atoms with E-state index in [0.29, 0.717) is 47.6 Å². The third-order valence-electron chi connectivity index (χ3n) is 6.08. The summed E-state index contributed by atoms with van der Waals surface area (Å²) in [5.74, 6) is -0.419. The highest BCUT2D eigenvalue weighted by atomic mass is 32.1. The van der Waals surface area contributed by atoms with E-state index in [-0.39, 0.29) is 23.4 Å². The number of phenolic OH excluding ortho intramolecular Hbond substituents is 1. The molecule has 174 valence electrons. The first-order valence-corrected chi connectivity index (χ1v) is 12.0. The average Bonchev–Trinajstić information content (AvgIpc) is 3.32. The van der Waals surface area contributed by atoms with Crippen LogP contribution in [-0.4, -0.2) is 30.6 Å². The Morgan fingerprint density at radius 2 is 2.06 bits per heavy atom. The van der Waals surface area contributed by atoms with E-state index in [9.17, 15) is 14.7 Å². The molecule has 1 aromatic heterocycles. The monoisotopic (exact) mass is 467 g/mol. The molecule has 2 N–H and O–H groups in total. The minimum absolute atomic E-state index is 0.00162. The number of Topliss-reactive ketones (excluding diaryl/α,β-unsaturated/α-hetero) is 1. The van der Waals surface area contributed by atoms with Gasteiger partial charge < -0.3 is 19.9 Å². The summed E-state index contributed by atoms with van der Waals surface area (Å²) in [7, 11) is 1.47. The predicted molar refractivity (Wildman–Crippen MR) is 127 cm³/mol. The van der Waals surface area contributed by atoms with Crippen LogP contribution in [0.4, 0.5) is 0 Å². The number of benzene rings is 1. The summed E-state index contributed by atoms with van der Waals surface area (Å²) < 4.78 is 10.9. The van der Waals surface area contributed by atoms with Crippen molar-refractivity contribution in [3.63, 3.8) is 0 Å². The molecule has 0 fully saturated rings. The number of carbonyl (C=O) groups excluding carboxylic acids is 2. The van der Waals surface area contributed by atoms with Crippen LogP contribution in [0.15, 0.2) is 58.3 Å². The lowest BCUT2D eigenvalue weighted by atomic mass is 9.72. The minimum atomic E-state index is -0.591. The largest absolute Gasteiger partial charge is 0.504 e. The maximum atomic E-state index is 13.5. The number of nitrogens with one attached hydrogen (secondary N) is 1. The number of thiophene rings is 1. The molecule has 0 saturated carbocycles. The molecule has 0 radical (unpaired) electrons. The zero-order chi connectivity index (χ0) is 23.7. The van der Waals surface area contributed by atoms with Crippen LogP contribution >= 0.6 is 11.3 Å². The topological polar surface area (TPSA) is 84.9 Å². The van der Waals surface area contributed by atoms with Crippen LogP contribution in [0.5, 0.6) is 11.5 Å². The normalized spacial score (nSPS) is 20.6. The molecule has 0 bridgehead atoms. The summed E-state index contributed by atoms with van der Waals surface area (Å²) in [4.78, 5) is 27.9. The maximum absolute atomic E-state index is 13.5. The number of phenols is 1. The molecule has 0 amide bonds. The van der Waals surface area contributed by atoms with E-state index in [1.54, 1.807) is 23.5 Å². The van der Waals surface area contributed by atoms with Crippen LogP contribution in [0, 0.1) is 5.92 Å². The third kappa shape index (κ3) is 4.55. The fourth-order valence-corrected chi connectivity index (χ4v) is 5.39. The van der Waals surface area contributed by atoms with Gasteiger partial charge in [-0.1, -0.05) is 26.0 Å². The Hall–Kier alpha value is -3.06. The third-order valence-corrected chi connectivity index (χ3v) is 7.11. The van der Waals surface area contributed by atoms with Gasteiger partial charge in [0.25, 0.3) is 0 Å². The van der Waals surface area contributed by atoms with Gasteiger partial charge in [-0.05, 0) is 48.4 Å². The number of allylic oxidation sites excluding steroid dienone is 3. The van der Waals surface area contributed by atoms with E-state index >= 15 is 0 Å². The first kappa shape index (κ1) is 23.1. The fraction of sp³-hybridized carbons (Fsp3) is 0.385. The molecule has 2 heterocycles. The predicted octanol–water partition coefficient (Wildman–Crippen LogP) is 5.02. The first-order valence-electron chi connectivity index (χ1n) is 11.1. The summed E-state index contributed by atoms with van der Waals surface area (Å²) in [5.41, 5.74) is 3.25. The number of methoxy groups -OCH3 is 1. The van der Waals surface area contributed by atoms with E-state index in [2.05, 4.69) is 11.4 Å². The Balaban J connectivity index is 1.80. The first-order chi connectivity index (χ1) is 15.8. The van der Waals surface area contributed by atoms with Crippen molar-refractivity contribution < 1.29 is 24.2 Å². The Bertz CT molecular complexity index is 1130. The van der Waals surface area contributed by atoms with Crippen LogP contribution in [0.1, 0.15) is 55.9 Å². The smallest absolute Gasteiger partial charge is 0.336 e. The number of ketones is 1. The van der Waals surface area contributed by atoms with Gasteiger partial charge in [-0.15, -0.1) is 11.3 Å². The Labute approximate surface area is 197 Å². The van der Waals surface area contributed by atoms with E-state index in [0.717, 1.165) is 5.70 Å². The van der Waals surface area contributed by atoms with Crippen molar-refractivity contribution in [1.29, 1.82) is 0 Å². The van der Waals surface area contributed by atoms with Gasteiger partial charge in [-0.2, -0.15) is 0 Å². The summed E-state index contributed by atoms with van der Waals surface area (Å²) >= 11 is 1.66. The quantitative estimate of drug-likeness (QED) is 0.580. The standard InChI is InChI=1S/C26H29NO5S/c1-14(2)13-32-26(30)23-15(3)27-18-10-17(22-6-5-9-33-22)11-20(29)25(18)24(23)16-7-8-19(28)21(12-16)31-4/h5-9,12,14,17,24,27-28H,10-11,13H2,1-4H3/t17-,24-/m0/s1. The number of hydrogen-bond acceptors (Lipinski definition) is 7. The summed E-state index contributed by atoms with van der Waals surface area (Å²) in [6, 6.07) is 9.03. The molecule has 6 nitrogen and oxygen atoms in total. The van der Waals surface area contributed by atoms with Crippen molar-refractivity contribution in [3.05, 3.63) is 68.7 Å². The highest BCUT2D eigenvalue weighted by Crippen LogP contribution is 2.47. The van der Waals surface area contributed by atoms with Crippen molar-refractivity contribution >= 4 is 23.1 Å². The van der Waals surface area contributed by atoms with Gasteiger partial charge in [-0.25, -0.2) is 4.79 Å². The Morgan fingerprint density at radius 3 is 2.73 bits per heavy atom. The van der Waals surface area contributed by atoms with E-state index < -0.39 is 11.9 Å². The zero-order valence-corrected chi connectivity index (χ0v) is 20.1. The summed E-state index contributed by atoms with van der Waals surface area (Å²) in [6.07, 6.45) is 1.08. The molecule has 1 aromatic carbocycles. The van der Waals surface area contributed by atoms with Crippen molar-refractivity contribution in [2.75, 3.05) is 13.7 Å². The Kier molecular flexibility index (Phi) is 6.61. The van der Waals surface area contributed by atoms with Crippen molar-refractivity contribution in [2.45, 2.75) is 45.4 Å². The van der Waals surface area contributed by atoms with Gasteiger partial charge in [0.2, 0.25) is 0 Å². The van der Waals surface area contributed by atoms with E-state index in [1.165, 1.54) is 18.1 Å². The summed E-state index contributed by atoms with van der Waals surface area (Å²) in [5, 5.41) is 15.5. The molecule has 0 saturated heterocycles. The summed E-state index contributed by atoms with van der Waals surface area (Å²) in [6.45, 7) is 6.10. The molecule has 4 rings (SSSR count). The van der Waals surface area contributed by atoms with Gasteiger partial charge in [0, 0.05) is 40.1 Å². The van der Waals surface area contributed by atoms with Gasteiger partial charge in [0.05, 0.1) is 19.3 Å². The molecule has 33 heavy (non-hydrogen) atoms. The van der Waals surface area contributed by atoms with Crippen molar-refractivity contribution in [1.82, 2.24) is 5.32 Å². The molecule has 0 spiro atoms. The van der Waals surface area contributed by atoms with E-state index in [1.807, 2.05) is 32.2 Å². The average molecular weight is 468 g/mol. The number of rotatable bonds is 6. The number of carbonyl (C=O) groups is 2. The highest BCUT2D eigenvalue weighted by molar-refractivity contribution is 7.10. The van der Waals surface area contributed by atoms with E-state index in [4.69, 9.17) is 9.47 Å². The van der Waals surface area contributed by atoms with Gasteiger partial charge in [-0.3, -0.25) is 4.79 Å². The fourth-order valence-electron chi connectivity index (χ4n) is 4.56. The molecular weight excluding hydrogens is 438 g/mol. The molecule has 2 aromatic rings. The second-order valence-corrected chi connectivity index (χ2v) is 9.94. The van der Waals surface area contributed by atoms with Crippen molar-refractivity contribution in [3.8, 4) is 11.5 Å². The molecule has 2 aliphatic rings. The van der Waals surface area contributed by atoms with Crippen LogP contribution < -0.4 is 10.1 Å². The second-order valence-electron chi connectivity index (χ2n) is 8.96. The molecule has 2 atom stereocenters. The number of dihydropyridines is 1. The number of hydrogen-bond donors (Lipinski definition) is 2. The molecule has 1 aliphatic heterocycles. The number of ether oxygens (including phenoxy) is 2. The highest BCUT2D eigenvalue weighted by Gasteiger charge is 2.41. The molecular formula is C26H29NO5S. The molecule has 0 unspecified atom stereocenters. The SMILES string of the molecule is COc1cc([C@H]2C(C(=O)OCC(C)C)=C(C)NC3=C2C(=O)C[C@@H](c2cccs2)C3)ccc1O. The van der Waals surface area contributed by atoms with Gasteiger partial charge >= 0.3 is 5.97 Å². The van der Waals surface area contributed by atoms with Crippen LogP contribution in [0.25, 0.3) is 0 Å². The molecule has 1 aliphatic carbocycles.